The van der Waals surface area contributed by atoms with Gasteiger partial charge in [-0.2, -0.15) is 0 Å². The van der Waals surface area contributed by atoms with Crippen molar-refractivity contribution in [2.24, 2.45) is 4.99 Å². The van der Waals surface area contributed by atoms with Gasteiger partial charge >= 0.3 is 0 Å². The Morgan fingerprint density at radius 3 is 2.52 bits per heavy atom. The summed E-state index contributed by atoms with van der Waals surface area (Å²) in [6, 6.07) is 10.3. The van der Waals surface area contributed by atoms with Crippen molar-refractivity contribution in [1.82, 2.24) is 20.4 Å². The normalized spacial score (nSPS) is 28.4. The largest absolute Gasteiger partial charge is 0.384 e. The smallest absolute Gasteiger partial charge is 0.191 e. The summed E-state index contributed by atoms with van der Waals surface area (Å²) in [5, 5.41) is 17.5. The maximum atomic E-state index is 10.7. The van der Waals surface area contributed by atoms with Crippen molar-refractivity contribution in [3.8, 4) is 0 Å². The van der Waals surface area contributed by atoms with Crippen molar-refractivity contribution in [1.29, 1.82) is 0 Å². The molecule has 0 aromatic heterocycles. The van der Waals surface area contributed by atoms with Crippen LogP contribution in [0.15, 0.2) is 35.3 Å². The number of fused-ring (bicyclic) bond motifs is 3. The molecule has 3 heterocycles. The van der Waals surface area contributed by atoms with E-state index in [1.54, 1.807) is 0 Å². The van der Waals surface area contributed by atoms with Gasteiger partial charge < -0.3 is 15.7 Å². The van der Waals surface area contributed by atoms with Crippen LogP contribution in [0.4, 0.5) is 0 Å². The van der Waals surface area contributed by atoms with E-state index in [0.717, 1.165) is 31.2 Å². The molecular formula is C19H31N5O. The molecule has 138 valence electrons. The van der Waals surface area contributed by atoms with E-state index >= 15 is 0 Å². The van der Waals surface area contributed by atoms with Gasteiger partial charge in [-0.15, -0.1) is 0 Å². The van der Waals surface area contributed by atoms with E-state index in [9.17, 15) is 5.11 Å². The minimum Gasteiger partial charge on any atom is -0.384 e. The standard InChI is InChI=1S/C19H31N5O/c1-3-20-18(21-13-17-14-23-9-11-24(17)12-10-23)22-15-19(2,25)16-7-5-4-6-8-16/h4-8,17,25H,3,9-15H2,1-2H3,(H2,20,21,22). The first-order chi connectivity index (χ1) is 12.1. The first-order valence-corrected chi connectivity index (χ1v) is 9.35. The summed E-state index contributed by atoms with van der Waals surface area (Å²) in [7, 11) is 0. The monoisotopic (exact) mass is 345 g/mol. The molecule has 3 fully saturated rings. The molecule has 4 rings (SSSR count). The Labute approximate surface area is 150 Å². The zero-order valence-electron chi connectivity index (χ0n) is 15.4. The summed E-state index contributed by atoms with van der Waals surface area (Å²) < 4.78 is 0. The van der Waals surface area contributed by atoms with Gasteiger partial charge in [0.2, 0.25) is 0 Å². The average Bonchev–Trinajstić information content (AvgIpc) is 2.66. The number of hydrogen-bond acceptors (Lipinski definition) is 4. The Morgan fingerprint density at radius 1 is 1.20 bits per heavy atom. The third kappa shape index (κ3) is 4.71. The van der Waals surface area contributed by atoms with Crippen molar-refractivity contribution >= 4 is 5.96 Å². The van der Waals surface area contributed by atoms with Gasteiger partial charge in [0, 0.05) is 51.9 Å². The van der Waals surface area contributed by atoms with Gasteiger partial charge in [-0.1, -0.05) is 30.3 Å². The van der Waals surface area contributed by atoms with Crippen LogP contribution in [0.2, 0.25) is 0 Å². The second kappa shape index (κ2) is 8.17. The van der Waals surface area contributed by atoms with Crippen LogP contribution in [0.25, 0.3) is 0 Å². The van der Waals surface area contributed by atoms with Gasteiger partial charge in [-0.05, 0) is 19.4 Å². The summed E-state index contributed by atoms with van der Waals surface area (Å²) >= 11 is 0. The molecule has 2 unspecified atom stereocenters. The summed E-state index contributed by atoms with van der Waals surface area (Å²) in [4.78, 5) is 9.72. The summed E-state index contributed by atoms with van der Waals surface area (Å²) in [6.45, 7) is 11.8. The Bertz CT molecular complexity index is 566. The van der Waals surface area contributed by atoms with Crippen molar-refractivity contribution < 1.29 is 5.11 Å². The predicted octanol–water partition coefficient (Wildman–Crippen LogP) is 0.449. The van der Waals surface area contributed by atoms with Gasteiger partial charge in [0.15, 0.2) is 5.96 Å². The fourth-order valence-electron chi connectivity index (χ4n) is 3.60. The molecule has 3 aliphatic heterocycles. The minimum atomic E-state index is -0.970. The van der Waals surface area contributed by atoms with Gasteiger partial charge in [-0.25, -0.2) is 4.99 Å². The molecule has 0 aliphatic carbocycles. The first-order valence-electron chi connectivity index (χ1n) is 9.35. The number of hydrogen-bond donors (Lipinski definition) is 3. The summed E-state index contributed by atoms with van der Waals surface area (Å²) in [5.74, 6) is 0.774. The second-order valence-electron chi connectivity index (χ2n) is 7.21. The number of guanidine groups is 1. The Kier molecular flexibility index (Phi) is 5.93. The molecular weight excluding hydrogens is 314 g/mol. The zero-order valence-corrected chi connectivity index (χ0v) is 15.4. The fraction of sp³-hybridized carbons (Fsp3) is 0.632. The molecule has 0 amide bonds. The number of nitrogens with one attached hydrogen (secondary N) is 2. The quantitative estimate of drug-likeness (QED) is 0.516. The molecule has 3 N–H and O–H groups in total. The number of aliphatic imine (C=N–C) groups is 1. The number of aliphatic hydroxyl groups is 1. The van der Waals surface area contributed by atoms with E-state index in [4.69, 9.17) is 0 Å². The molecule has 0 saturated carbocycles. The van der Waals surface area contributed by atoms with E-state index in [2.05, 4.69) is 32.3 Å². The minimum absolute atomic E-state index is 0.326. The molecule has 1 aromatic rings. The molecule has 0 spiro atoms. The number of rotatable bonds is 6. The first kappa shape index (κ1) is 18.2. The zero-order chi connectivity index (χ0) is 17.7. The van der Waals surface area contributed by atoms with Crippen molar-refractivity contribution in [3.63, 3.8) is 0 Å². The third-order valence-electron chi connectivity index (χ3n) is 5.18. The maximum absolute atomic E-state index is 10.7. The van der Waals surface area contributed by atoms with Crippen LogP contribution in [0.3, 0.4) is 0 Å². The predicted molar refractivity (Wildman–Crippen MR) is 102 cm³/mol. The third-order valence-corrected chi connectivity index (χ3v) is 5.18. The van der Waals surface area contributed by atoms with Crippen LogP contribution in [0, 0.1) is 0 Å². The number of nitrogens with zero attached hydrogens (tertiary/aromatic N) is 3. The van der Waals surface area contributed by atoms with Crippen molar-refractivity contribution in [3.05, 3.63) is 35.9 Å². The van der Waals surface area contributed by atoms with Crippen LogP contribution < -0.4 is 10.6 Å². The highest BCUT2D eigenvalue weighted by Crippen LogP contribution is 2.20. The number of benzene rings is 1. The van der Waals surface area contributed by atoms with Crippen molar-refractivity contribution in [2.45, 2.75) is 25.5 Å². The lowest BCUT2D eigenvalue weighted by molar-refractivity contribution is 0.0154. The van der Waals surface area contributed by atoms with E-state index < -0.39 is 5.60 Å². The van der Waals surface area contributed by atoms with Gasteiger partial charge in [0.25, 0.3) is 0 Å². The topological polar surface area (TPSA) is 63.1 Å². The molecule has 3 aliphatic rings. The highest BCUT2D eigenvalue weighted by atomic mass is 16.3. The van der Waals surface area contributed by atoms with Crippen LogP contribution in [-0.4, -0.2) is 79.3 Å². The highest BCUT2D eigenvalue weighted by Gasteiger charge is 2.31. The molecule has 2 atom stereocenters. The summed E-state index contributed by atoms with van der Waals surface area (Å²) in [6.07, 6.45) is 0. The molecule has 6 nitrogen and oxygen atoms in total. The van der Waals surface area contributed by atoms with Crippen LogP contribution in [0.1, 0.15) is 19.4 Å². The lowest BCUT2D eigenvalue weighted by atomic mass is 9.96. The van der Waals surface area contributed by atoms with E-state index in [1.807, 2.05) is 37.3 Å². The Balaban J connectivity index is 1.57. The van der Waals surface area contributed by atoms with E-state index in [-0.39, 0.29) is 0 Å². The summed E-state index contributed by atoms with van der Waals surface area (Å²) in [5.41, 5.74) is -0.0824. The Hall–Kier alpha value is -1.63. The van der Waals surface area contributed by atoms with Gasteiger partial charge in [0.05, 0.1) is 6.54 Å². The molecule has 1 aromatic carbocycles. The number of piperazine rings is 3. The van der Waals surface area contributed by atoms with E-state index in [0.29, 0.717) is 12.6 Å². The molecule has 6 heteroatoms. The lowest BCUT2D eigenvalue weighted by Gasteiger charge is -2.47. The van der Waals surface area contributed by atoms with Gasteiger partial charge in [-0.3, -0.25) is 9.80 Å². The van der Waals surface area contributed by atoms with Crippen LogP contribution in [0.5, 0.6) is 0 Å². The molecule has 25 heavy (non-hydrogen) atoms. The molecule has 0 radical (unpaired) electrons. The second-order valence-corrected chi connectivity index (χ2v) is 7.21. The Morgan fingerprint density at radius 2 is 1.92 bits per heavy atom. The van der Waals surface area contributed by atoms with E-state index in [1.165, 1.54) is 26.2 Å². The molecule has 2 bridgehead atoms. The SMILES string of the molecule is CCNC(=NCC(C)(O)c1ccccc1)NCC1CN2CCN1CC2. The van der Waals surface area contributed by atoms with Crippen LogP contribution >= 0.6 is 0 Å². The lowest BCUT2D eigenvalue weighted by Crippen LogP contribution is -2.63. The fourth-order valence-corrected chi connectivity index (χ4v) is 3.60. The average molecular weight is 345 g/mol. The molecule has 3 saturated heterocycles. The highest BCUT2D eigenvalue weighted by molar-refractivity contribution is 5.79. The van der Waals surface area contributed by atoms with Gasteiger partial charge in [0.1, 0.15) is 5.60 Å². The van der Waals surface area contributed by atoms with Crippen LogP contribution in [-0.2, 0) is 5.60 Å². The maximum Gasteiger partial charge on any atom is 0.191 e. The van der Waals surface area contributed by atoms with Crippen molar-refractivity contribution in [2.75, 3.05) is 52.4 Å².